The fraction of sp³-hybridized carbons (Fsp3) is 0.467. The lowest BCUT2D eigenvalue weighted by atomic mass is 9.85. The highest BCUT2D eigenvalue weighted by Gasteiger charge is 2.27. The summed E-state index contributed by atoms with van der Waals surface area (Å²) >= 11 is 0. The molecule has 0 spiro atoms. The van der Waals surface area contributed by atoms with Crippen molar-refractivity contribution in [1.82, 2.24) is 5.32 Å². The Morgan fingerprint density at radius 2 is 2.00 bits per heavy atom. The molecule has 1 saturated carbocycles. The first-order valence-corrected chi connectivity index (χ1v) is 6.85. The van der Waals surface area contributed by atoms with Crippen molar-refractivity contribution in [2.75, 3.05) is 0 Å². The minimum Gasteiger partial charge on any atom is -0.508 e. The minimum absolute atomic E-state index is 0.0804. The van der Waals surface area contributed by atoms with Gasteiger partial charge < -0.3 is 15.5 Å². The standard InChI is InChI=1S/C15H19NO4/c17-13-7-2-1-4-10(13)9-14(18)16-12-6-3-5-11(8-12)15(19)20/h1-2,4,7,11-12,17H,3,5-6,8-9H2,(H,16,18)(H,19,20). The lowest BCUT2D eigenvalue weighted by Crippen LogP contribution is -2.40. The monoisotopic (exact) mass is 277 g/mol. The molecule has 1 amide bonds. The Labute approximate surface area is 117 Å². The van der Waals surface area contributed by atoms with Gasteiger partial charge in [0, 0.05) is 11.6 Å². The van der Waals surface area contributed by atoms with E-state index in [-0.39, 0.29) is 30.0 Å². The number of carboxylic acids is 1. The van der Waals surface area contributed by atoms with Gasteiger partial charge in [-0.1, -0.05) is 24.6 Å². The Kier molecular flexibility index (Phi) is 4.61. The van der Waals surface area contributed by atoms with E-state index in [1.165, 1.54) is 0 Å². The van der Waals surface area contributed by atoms with Gasteiger partial charge in [0.15, 0.2) is 0 Å². The van der Waals surface area contributed by atoms with Gasteiger partial charge in [-0.05, 0) is 25.3 Å². The number of carbonyl (C=O) groups excluding carboxylic acids is 1. The summed E-state index contributed by atoms with van der Waals surface area (Å²) in [5, 5.41) is 21.5. The van der Waals surface area contributed by atoms with Gasteiger partial charge >= 0.3 is 5.97 Å². The van der Waals surface area contributed by atoms with Crippen molar-refractivity contribution in [1.29, 1.82) is 0 Å². The maximum atomic E-state index is 11.9. The lowest BCUT2D eigenvalue weighted by molar-refractivity contribution is -0.143. The second-order valence-corrected chi connectivity index (χ2v) is 5.27. The van der Waals surface area contributed by atoms with Crippen LogP contribution in [0.25, 0.3) is 0 Å². The quantitative estimate of drug-likeness (QED) is 0.781. The molecule has 0 aliphatic heterocycles. The van der Waals surface area contributed by atoms with E-state index in [2.05, 4.69) is 5.32 Å². The number of rotatable bonds is 4. The van der Waals surface area contributed by atoms with Crippen molar-refractivity contribution in [3.05, 3.63) is 29.8 Å². The van der Waals surface area contributed by atoms with Crippen molar-refractivity contribution >= 4 is 11.9 Å². The van der Waals surface area contributed by atoms with Crippen LogP contribution in [0, 0.1) is 5.92 Å². The fourth-order valence-electron chi connectivity index (χ4n) is 2.66. The number of hydrogen-bond donors (Lipinski definition) is 3. The van der Waals surface area contributed by atoms with Gasteiger partial charge in [-0.15, -0.1) is 0 Å². The molecule has 1 aromatic rings. The summed E-state index contributed by atoms with van der Waals surface area (Å²) < 4.78 is 0. The molecule has 3 N–H and O–H groups in total. The van der Waals surface area contributed by atoms with E-state index in [1.54, 1.807) is 24.3 Å². The highest BCUT2D eigenvalue weighted by Crippen LogP contribution is 2.24. The number of carbonyl (C=O) groups is 2. The van der Waals surface area contributed by atoms with Crippen LogP contribution in [0.1, 0.15) is 31.2 Å². The average molecular weight is 277 g/mol. The Bertz CT molecular complexity index is 500. The topological polar surface area (TPSA) is 86.6 Å². The molecule has 5 nitrogen and oxygen atoms in total. The average Bonchev–Trinajstić information content (AvgIpc) is 2.41. The van der Waals surface area contributed by atoms with Crippen molar-refractivity contribution in [3.63, 3.8) is 0 Å². The highest BCUT2D eigenvalue weighted by molar-refractivity contribution is 5.79. The molecule has 20 heavy (non-hydrogen) atoms. The summed E-state index contributed by atoms with van der Waals surface area (Å²) in [4.78, 5) is 22.9. The number of benzene rings is 1. The normalized spacial score (nSPS) is 22.2. The first-order chi connectivity index (χ1) is 9.56. The zero-order valence-corrected chi connectivity index (χ0v) is 11.2. The number of hydrogen-bond acceptors (Lipinski definition) is 3. The first kappa shape index (κ1) is 14.4. The minimum atomic E-state index is -0.787. The predicted molar refractivity (Wildman–Crippen MR) is 73.3 cm³/mol. The maximum Gasteiger partial charge on any atom is 0.306 e. The SMILES string of the molecule is O=C(Cc1ccccc1O)NC1CCCC(C(=O)O)C1. The first-order valence-electron chi connectivity index (χ1n) is 6.85. The van der Waals surface area contributed by atoms with Crippen LogP contribution in [0.4, 0.5) is 0 Å². The number of carboxylic acid groups (broad SMARTS) is 1. The van der Waals surface area contributed by atoms with Crippen LogP contribution < -0.4 is 5.32 Å². The maximum absolute atomic E-state index is 11.9. The van der Waals surface area contributed by atoms with Gasteiger partial charge in [-0.25, -0.2) is 0 Å². The number of amides is 1. The zero-order valence-electron chi connectivity index (χ0n) is 11.2. The molecule has 0 heterocycles. The summed E-state index contributed by atoms with van der Waals surface area (Å²) in [6, 6.07) is 6.64. The van der Waals surface area contributed by atoms with Crippen molar-refractivity contribution < 1.29 is 19.8 Å². The molecule has 1 fully saturated rings. The molecule has 2 unspecified atom stereocenters. The van der Waals surface area contributed by atoms with Crippen LogP contribution >= 0.6 is 0 Å². The Balaban J connectivity index is 1.88. The molecule has 1 aromatic carbocycles. The predicted octanol–water partition coefficient (Wildman–Crippen LogP) is 1.69. The van der Waals surface area contributed by atoms with Gasteiger partial charge in [0.25, 0.3) is 0 Å². The van der Waals surface area contributed by atoms with E-state index in [4.69, 9.17) is 5.11 Å². The lowest BCUT2D eigenvalue weighted by Gasteiger charge is -2.27. The highest BCUT2D eigenvalue weighted by atomic mass is 16.4. The number of aliphatic carboxylic acids is 1. The second-order valence-electron chi connectivity index (χ2n) is 5.27. The van der Waals surface area contributed by atoms with Crippen LogP contribution in [-0.4, -0.2) is 28.1 Å². The Morgan fingerprint density at radius 1 is 1.25 bits per heavy atom. The van der Waals surface area contributed by atoms with Gasteiger partial charge in [-0.2, -0.15) is 0 Å². The number of phenolic OH excluding ortho intramolecular Hbond substituents is 1. The van der Waals surface area contributed by atoms with E-state index in [0.717, 1.165) is 12.8 Å². The third kappa shape index (κ3) is 3.73. The van der Waals surface area contributed by atoms with Gasteiger partial charge in [0.1, 0.15) is 5.75 Å². The van der Waals surface area contributed by atoms with Gasteiger partial charge in [0.2, 0.25) is 5.91 Å². The Hall–Kier alpha value is -2.04. The van der Waals surface area contributed by atoms with E-state index >= 15 is 0 Å². The Morgan fingerprint density at radius 3 is 2.70 bits per heavy atom. The van der Waals surface area contributed by atoms with E-state index in [1.807, 2.05) is 0 Å². The van der Waals surface area contributed by atoms with Crippen LogP contribution in [0.15, 0.2) is 24.3 Å². The molecule has 108 valence electrons. The molecule has 2 rings (SSSR count). The molecular weight excluding hydrogens is 258 g/mol. The molecule has 0 aromatic heterocycles. The molecule has 2 atom stereocenters. The summed E-state index contributed by atoms with van der Waals surface area (Å²) in [5.41, 5.74) is 0.579. The van der Waals surface area contributed by atoms with Crippen LogP contribution in [0.3, 0.4) is 0 Å². The fourth-order valence-corrected chi connectivity index (χ4v) is 2.66. The largest absolute Gasteiger partial charge is 0.508 e. The van der Waals surface area contributed by atoms with Crippen LogP contribution in [-0.2, 0) is 16.0 Å². The summed E-state index contributed by atoms with van der Waals surface area (Å²) in [7, 11) is 0. The van der Waals surface area contributed by atoms with Crippen molar-refractivity contribution in [2.45, 2.75) is 38.1 Å². The molecule has 0 bridgehead atoms. The molecule has 1 aliphatic carbocycles. The number of aromatic hydroxyl groups is 1. The second kappa shape index (κ2) is 6.41. The van der Waals surface area contributed by atoms with E-state index in [0.29, 0.717) is 18.4 Å². The smallest absolute Gasteiger partial charge is 0.306 e. The molecule has 5 heteroatoms. The molecule has 0 saturated heterocycles. The number of para-hydroxylation sites is 1. The number of nitrogens with one attached hydrogen (secondary N) is 1. The van der Waals surface area contributed by atoms with E-state index < -0.39 is 5.97 Å². The third-order valence-electron chi connectivity index (χ3n) is 3.73. The van der Waals surface area contributed by atoms with E-state index in [9.17, 15) is 14.7 Å². The van der Waals surface area contributed by atoms with Crippen LogP contribution in [0.5, 0.6) is 5.75 Å². The van der Waals surface area contributed by atoms with Gasteiger partial charge in [-0.3, -0.25) is 9.59 Å². The molecular formula is C15H19NO4. The zero-order chi connectivity index (χ0) is 14.5. The summed E-state index contributed by atoms with van der Waals surface area (Å²) in [6.07, 6.45) is 2.92. The van der Waals surface area contributed by atoms with Crippen LogP contribution in [0.2, 0.25) is 0 Å². The number of phenols is 1. The third-order valence-corrected chi connectivity index (χ3v) is 3.73. The van der Waals surface area contributed by atoms with Gasteiger partial charge in [0.05, 0.1) is 12.3 Å². The van der Waals surface area contributed by atoms with Crippen molar-refractivity contribution in [3.8, 4) is 5.75 Å². The molecule has 1 aliphatic rings. The summed E-state index contributed by atoms with van der Waals surface area (Å²) in [6.45, 7) is 0. The molecule has 0 radical (unpaired) electrons. The summed E-state index contributed by atoms with van der Waals surface area (Å²) in [5.74, 6) is -1.22. The van der Waals surface area contributed by atoms with Crippen molar-refractivity contribution in [2.24, 2.45) is 5.92 Å².